The fraction of sp³-hybridized carbons (Fsp3) is 0.238. The second-order valence-corrected chi connectivity index (χ2v) is 6.02. The van der Waals surface area contributed by atoms with Crippen molar-refractivity contribution in [3.8, 4) is 0 Å². The molecule has 2 aromatic carbocycles. The van der Waals surface area contributed by atoms with Crippen molar-refractivity contribution in [2.75, 3.05) is 0 Å². The predicted molar refractivity (Wildman–Crippen MR) is 91.0 cm³/mol. The van der Waals surface area contributed by atoms with E-state index in [-0.39, 0.29) is 0 Å². The Morgan fingerprint density at radius 2 is 1.73 bits per heavy atom. The van der Waals surface area contributed by atoms with Gasteiger partial charge in [0.1, 0.15) is 12.4 Å². The summed E-state index contributed by atoms with van der Waals surface area (Å²) in [6.45, 7) is 0.667. The number of ether oxygens (including phenoxy) is 1. The normalized spacial score (nSPS) is 20.5. The summed E-state index contributed by atoms with van der Waals surface area (Å²) in [6, 6.07) is 19.2. The van der Waals surface area contributed by atoms with Crippen molar-refractivity contribution < 1.29 is 4.74 Å². The van der Waals surface area contributed by atoms with Gasteiger partial charge in [-0.15, -0.1) is 0 Å². The fourth-order valence-corrected chi connectivity index (χ4v) is 3.51. The van der Waals surface area contributed by atoms with Crippen molar-refractivity contribution in [1.82, 2.24) is 0 Å². The van der Waals surface area contributed by atoms with Crippen molar-refractivity contribution >= 4 is 11.3 Å². The highest BCUT2D eigenvalue weighted by molar-refractivity contribution is 5.91. The molecule has 0 spiro atoms. The summed E-state index contributed by atoms with van der Waals surface area (Å²) in [6.07, 6.45) is 8.36. The summed E-state index contributed by atoms with van der Waals surface area (Å²) < 4.78 is 6.20. The number of hydrogen-bond donors (Lipinski definition) is 0. The molecule has 2 aromatic rings. The molecule has 1 heterocycles. The Labute approximate surface area is 131 Å². The van der Waals surface area contributed by atoms with Crippen LogP contribution in [-0.4, -0.2) is 0 Å². The van der Waals surface area contributed by atoms with Crippen molar-refractivity contribution in [3.05, 3.63) is 83.4 Å². The largest absolute Gasteiger partial charge is 0.488 e. The highest BCUT2D eigenvalue weighted by Crippen LogP contribution is 2.42. The summed E-state index contributed by atoms with van der Waals surface area (Å²) >= 11 is 0. The third-order valence-electron chi connectivity index (χ3n) is 4.59. The smallest absolute Gasteiger partial charge is 0.131 e. The molecule has 0 bridgehead atoms. The average molecular weight is 288 g/mol. The summed E-state index contributed by atoms with van der Waals surface area (Å²) in [5.41, 5.74) is 5.22. The number of fused-ring (bicyclic) bond motifs is 1. The van der Waals surface area contributed by atoms with Gasteiger partial charge in [0.15, 0.2) is 0 Å². The first-order valence-corrected chi connectivity index (χ1v) is 8.11. The molecule has 0 radical (unpaired) electrons. The van der Waals surface area contributed by atoms with Gasteiger partial charge in [0.25, 0.3) is 0 Å². The Hall–Kier alpha value is -2.28. The van der Waals surface area contributed by atoms with Gasteiger partial charge in [-0.25, -0.2) is 0 Å². The van der Waals surface area contributed by atoms with Crippen LogP contribution in [0.25, 0.3) is 11.3 Å². The molecule has 1 unspecified atom stereocenters. The molecule has 1 atom stereocenters. The van der Waals surface area contributed by atoms with Crippen LogP contribution in [0.5, 0.6) is 0 Å². The lowest BCUT2D eigenvalue weighted by molar-refractivity contribution is 0.258. The van der Waals surface area contributed by atoms with E-state index < -0.39 is 0 Å². The zero-order valence-corrected chi connectivity index (χ0v) is 12.7. The van der Waals surface area contributed by atoms with E-state index in [1.807, 2.05) is 0 Å². The van der Waals surface area contributed by atoms with Crippen LogP contribution < -0.4 is 0 Å². The zero-order chi connectivity index (χ0) is 14.8. The highest BCUT2D eigenvalue weighted by Gasteiger charge is 2.26. The van der Waals surface area contributed by atoms with E-state index in [2.05, 4.69) is 66.7 Å². The minimum Gasteiger partial charge on any atom is -0.488 e. The Kier molecular flexibility index (Phi) is 3.56. The Balaban J connectivity index is 1.91. The maximum Gasteiger partial charge on any atom is 0.131 e. The summed E-state index contributed by atoms with van der Waals surface area (Å²) in [4.78, 5) is 0. The lowest BCUT2D eigenvalue weighted by Crippen LogP contribution is -2.14. The van der Waals surface area contributed by atoms with E-state index in [9.17, 15) is 0 Å². The van der Waals surface area contributed by atoms with Gasteiger partial charge < -0.3 is 4.74 Å². The molecule has 1 nitrogen and oxygen atoms in total. The molecule has 22 heavy (non-hydrogen) atoms. The summed E-state index contributed by atoms with van der Waals surface area (Å²) in [5.74, 6) is 1.53. The molecular weight excluding hydrogens is 268 g/mol. The Morgan fingerprint density at radius 3 is 2.55 bits per heavy atom. The van der Waals surface area contributed by atoms with Gasteiger partial charge in [-0.3, -0.25) is 0 Å². The van der Waals surface area contributed by atoms with E-state index in [0.717, 1.165) is 5.76 Å². The minimum absolute atomic E-state index is 0.463. The van der Waals surface area contributed by atoms with E-state index in [4.69, 9.17) is 4.74 Å². The molecule has 0 N–H and O–H groups in total. The molecule has 1 heteroatoms. The van der Waals surface area contributed by atoms with Crippen LogP contribution in [-0.2, 0) is 11.3 Å². The quantitative estimate of drug-likeness (QED) is 0.668. The van der Waals surface area contributed by atoms with E-state index in [1.54, 1.807) is 0 Å². The number of benzene rings is 2. The second-order valence-electron chi connectivity index (χ2n) is 6.02. The van der Waals surface area contributed by atoms with Gasteiger partial charge in [0.05, 0.1) is 0 Å². The number of allylic oxidation sites excluding steroid dienone is 3. The maximum absolute atomic E-state index is 6.20. The van der Waals surface area contributed by atoms with E-state index in [1.165, 1.54) is 41.5 Å². The molecule has 4 rings (SSSR count). The first kappa shape index (κ1) is 13.4. The molecule has 0 aromatic heterocycles. The van der Waals surface area contributed by atoms with Crippen LogP contribution >= 0.6 is 0 Å². The van der Waals surface area contributed by atoms with Gasteiger partial charge in [-0.05, 0) is 30.4 Å². The van der Waals surface area contributed by atoms with Crippen LogP contribution in [0.2, 0.25) is 0 Å². The standard InChI is InChI=1S/C21H20O/c1-3-9-16(10-4-1)20-19-14-8-7-13-18(19)15-22-21(20)17-11-5-2-6-12-17/h2-3,5-9,11-14,16H,1,4,10,15H2. The van der Waals surface area contributed by atoms with Gasteiger partial charge in [0.2, 0.25) is 0 Å². The van der Waals surface area contributed by atoms with Crippen LogP contribution in [0.4, 0.5) is 0 Å². The molecule has 0 amide bonds. The molecule has 110 valence electrons. The summed E-state index contributed by atoms with van der Waals surface area (Å²) in [5, 5.41) is 0. The first-order valence-electron chi connectivity index (χ1n) is 8.11. The van der Waals surface area contributed by atoms with Crippen LogP contribution in [0, 0.1) is 5.92 Å². The van der Waals surface area contributed by atoms with Crippen LogP contribution in [0.15, 0.2) is 66.7 Å². The Bertz CT molecular complexity index is 725. The van der Waals surface area contributed by atoms with Crippen molar-refractivity contribution in [1.29, 1.82) is 0 Å². The van der Waals surface area contributed by atoms with Gasteiger partial charge in [0, 0.05) is 17.1 Å². The van der Waals surface area contributed by atoms with E-state index in [0.29, 0.717) is 12.5 Å². The topological polar surface area (TPSA) is 9.23 Å². The van der Waals surface area contributed by atoms with Crippen molar-refractivity contribution in [2.45, 2.75) is 25.9 Å². The summed E-state index contributed by atoms with van der Waals surface area (Å²) in [7, 11) is 0. The SMILES string of the molecule is C1=CC(C2=C(c3ccccc3)OCc3ccccc32)CCC1. The minimum atomic E-state index is 0.463. The molecule has 1 aliphatic carbocycles. The third kappa shape index (κ3) is 2.37. The highest BCUT2D eigenvalue weighted by atomic mass is 16.5. The van der Waals surface area contributed by atoms with Crippen molar-refractivity contribution in [3.63, 3.8) is 0 Å². The predicted octanol–water partition coefficient (Wildman–Crippen LogP) is 5.44. The van der Waals surface area contributed by atoms with Gasteiger partial charge in [-0.1, -0.05) is 66.7 Å². The Morgan fingerprint density at radius 1 is 0.909 bits per heavy atom. The fourth-order valence-electron chi connectivity index (χ4n) is 3.51. The monoisotopic (exact) mass is 288 g/mol. The third-order valence-corrected chi connectivity index (χ3v) is 4.59. The lowest BCUT2D eigenvalue weighted by Gasteiger charge is -2.29. The lowest BCUT2D eigenvalue weighted by atomic mass is 9.81. The van der Waals surface area contributed by atoms with Gasteiger partial charge in [-0.2, -0.15) is 0 Å². The molecule has 0 fully saturated rings. The average Bonchev–Trinajstić information content (AvgIpc) is 2.62. The zero-order valence-electron chi connectivity index (χ0n) is 12.7. The molecule has 1 aliphatic heterocycles. The van der Waals surface area contributed by atoms with Crippen LogP contribution in [0.3, 0.4) is 0 Å². The van der Waals surface area contributed by atoms with Crippen LogP contribution in [0.1, 0.15) is 36.0 Å². The number of rotatable bonds is 2. The molecule has 0 saturated carbocycles. The molecule has 2 aliphatic rings. The number of hydrogen-bond acceptors (Lipinski definition) is 1. The molecular formula is C21H20O. The first-order chi connectivity index (χ1) is 10.9. The maximum atomic E-state index is 6.20. The van der Waals surface area contributed by atoms with Gasteiger partial charge >= 0.3 is 0 Å². The van der Waals surface area contributed by atoms with E-state index >= 15 is 0 Å². The second kappa shape index (κ2) is 5.84. The van der Waals surface area contributed by atoms with Crippen molar-refractivity contribution in [2.24, 2.45) is 5.92 Å². The molecule has 0 saturated heterocycles.